The van der Waals surface area contributed by atoms with Crippen LogP contribution in [0.2, 0.25) is 0 Å². The molecule has 5 heteroatoms. The Morgan fingerprint density at radius 1 is 1.13 bits per heavy atom. The maximum Gasteiger partial charge on any atom is 0.229 e. The van der Waals surface area contributed by atoms with Gasteiger partial charge in [-0.1, -0.05) is 24.3 Å². The van der Waals surface area contributed by atoms with Gasteiger partial charge in [0.25, 0.3) is 0 Å². The Hall–Kier alpha value is -2.27. The predicted octanol–water partition coefficient (Wildman–Crippen LogP) is 4.26. The average Bonchev–Trinajstić information content (AvgIpc) is 2.77. The van der Waals surface area contributed by atoms with Crippen LogP contribution in [0.1, 0.15) is 42.6 Å². The first-order valence-electron chi connectivity index (χ1n) is 11.6. The number of aromatic nitrogens is 1. The van der Waals surface area contributed by atoms with Crippen molar-refractivity contribution in [3.63, 3.8) is 0 Å². The van der Waals surface area contributed by atoms with Gasteiger partial charge >= 0.3 is 0 Å². The van der Waals surface area contributed by atoms with Gasteiger partial charge < -0.3 is 9.80 Å². The maximum absolute atomic E-state index is 14.5. The molecule has 31 heavy (non-hydrogen) atoms. The summed E-state index contributed by atoms with van der Waals surface area (Å²) in [5.74, 6) is 0.463. The van der Waals surface area contributed by atoms with Gasteiger partial charge in [0.1, 0.15) is 5.82 Å². The molecule has 1 atom stereocenters. The van der Waals surface area contributed by atoms with Crippen LogP contribution in [0.4, 0.5) is 4.39 Å². The monoisotopic (exact) mass is 423 g/mol. The van der Waals surface area contributed by atoms with Crippen LogP contribution in [0.3, 0.4) is 0 Å². The highest BCUT2D eigenvalue weighted by Crippen LogP contribution is 2.38. The summed E-state index contributed by atoms with van der Waals surface area (Å²) in [6, 6.07) is 13.1. The van der Waals surface area contributed by atoms with Crippen molar-refractivity contribution in [2.24, 2.45) is 11.3 Å². The fourth-order valence-corrected chi connectivity index (χ4v) is 5.28. The van der Waals surface area contributed by atoms with Crippen LogP contribution in [0.25, 0.3) is 0 Å². The molecule has 2 saturated heterocycles. The van der Waals surface area contributed by atoms with Gasteiger partial charge in [-0.15, -0.1) is 0 Å². The molecule has 0 radical (unpaired) electrons. The number of benzene rings is 1. The molecule has 2 aliphatic rings. The molecule has 1 aromatic heterocycles. The SMILES string of the molecule is Cc1cccc(C[C@@H]2CCCN(C(=O)C3(Cc4ccccc4F)CCN(C)CC3)C2)n1. The summed E-state index contributed by atoms with van der Waals surface area (Å²) in [5, 5.41) is 0. The third-order valence-electron chi connectivity index (χ3n) is 7.13. The van der Waals surface area contributed by atoms with E-state index in [-0.39, 0.29) is 11.7 Å². The van der Waals surface area contributed by atoms with E-state index in [0.717, 1.165) is 69.7 Å². The Bertz CT molecular complexity index is 907. The molecule has 2 aromatic rings. The van der Waals surface area contributed by atoms with Gasteiger partial charge in [-0.05, 0) is 95.3 Å². The number of amides is 1. The summed E-state index contributed by atoms with van der Waals surface area (Å²) in [4.78, 5) is 22.9. The molecule has 0 spiro atoms. The predicted molar refractivity (Wildman–Crippen MR) is 121 cm³/mol. The summed E-state index contributed by atoms with van der Waals surface area (Å²) in [5.41, 5.74) is 2.31. The Kier molecular flexibility index (Phi) is 6.71. The van der Waals surface area contributed by atoms with Crippen LogP contribution < -0.4 is 0 Å². The van der Waals surface area contributed by atoms with E-state index in [1.54, 1.807) is 6.07 Å². The van der Waals surface area contributed by atoms with E-state index in [9.17, 15) is 9.18 Å². The maximum atomic E-state index is 14.5. The largest absolute Gasteiger partial charge is 0.342 e. The van der Waals surface area contributed by atoms with Crippen LogP contribution in [0.5, 0.6) is 0 Å². The molecule has 4 rings (SSSR count). The minimum Gasteiger partial charge on any atom is -0.342 e. The number of carbonyl (C=O) groups excluding carboxylic acids is 1. The number of nitrogens with zero attached hydrogens (tertiary/aromatic N) is 3. The number of hydrogen-bond acceptors (Lipinski definition) is 3. The van der Waals surface area contributed by atoms with E-state index >= 15 is 0 Å². The Labute approximate surface area is 185 Å². The molecule has 4 nitrogen and oxygen atoms in total. The van der Waals surface area contributed by atoms with Crippen molar-refractivity contribution in [3.8, 4) is 0 Å². The summed E-state index contributed by atoms with van der Waals surface area (Å²) in [6.45, 7) is 5.37. The lowest BCUT2D eigenvalue weighted by molar-refractivity contribution is -0.147. The fourth-order valence-electron chi connectivity index (χ4n) is 5.28. The molecule has 1 amide bonds. The highest BCUT2D eigenvalue weighted by Gasteiger charge is 2.44. The zero-order valence-electron chi connectivity index (χ0n) is 18.8. The van der Waals surface area contributed by atoms with E-state index < -0.39 is 5.41 Å². The van der Waals surface area contributed by atoms with Crippen molar-refractivity contribution < 1.29 is 9.18 Å². The van der Waals surface area contributed by atoms with Crippen molar-refractivity contribution >= 4 is 5.91 Å². The minimum absolute atomic E-state index is 0.198. The second-order valence-corrected chi connectivity index (χ2v) is 9.59. The highest BCUT2D eigenvalue weighted by molar-refractivity contribution is 5.83. The number of carbonyl (C=O) groups is 1. The molecule has 0 bridgehead atoms. The van der Waals surface area contributed by atoms with Crippen LogP contribution in [0.15, 0.2) is 42.5 Å². The van der Waals surface area contributed by atoms with E-state index in [0.29, 0.717) is 17.9 Å². The zero-order valence-corrected chi connectivity index (χ0v) is 18.8. The smallest absolute Gasteiger partial charge is 0.229 e. The standard InChI is InChI=1S/C26H34FN3O/c1-20-7-5-10-23(28-20)17-21-8-6-14-30(19-21)25(31)26(12-15-29(2)16-13-26)18-22-9-3-4-11-24(22)27/h3-5,7,9-11,21H,6,8,12-19H2,1-2H3/t21-/m0/s1. The summed E-state index contributed by atoms with van der Waals surface area (Å²) < 4.78 is 14.5. The fraction of sp³-hybridized carbons (Fsp3) is 0.538. The third-order valence-corrected chi connectivity index (χ3v) is 7.13. The molecule has 1 aromatic carbocycles. The molecule has 2 aliphatic heterocycles. The quantitative estimate of drug-likeness (QED) is 0.721. The van der Waals surface area contributed by atoms with E-state index in [2.05, 4.69) is 34.0 Å². The first-order chi connectivity index (χ1) is 14.9. The summed E-state index contributed by atoms with van der Waals surface area (Å²) in [6.07, 6.45) is 5.14. The molecule has 0 N–H and O–H groups in total. The Balaban J connectivity index is 1.51. The number of rotatable bonds is 5. The first kappa shape index (κ1) is 21.9. The lowest BCUT2D eigenvalue weighted by Crippen LogP contribution is -2.53. The van der Waals surface area contributed by atoms with Crippen molar-refractivity contribution in [1.82, 2.24) is 14.8 Å². The molecular weight excluding hydrogens is 389 g/mol. The van der Waals surface area contributed by atoms with E-state index in [1.807, 2.05) is 25.1 Å². The molecule has 2 fully saturated rings. The topological polar surface area (TPSA) is 36.4 Å². The van der Waals surface area contributed by atoms with Gasteiger partial charge in [0.05, 0.1) is 5.41 Å². The van der Waals surface area contributed by atoms with Gasteiger partial charge in [0, 0.05) is 24.5 Å². The van der Waals surface area contributed by atoms with Crippen LogP contribution in [0, 0.1) is 24.1 Å². The highest BCUT2D eigenvalue weighted by atomic mass is 19.1. The zero-order chi connectivity index (χ0) is 21.8. The van der Waals surface area contributed by atoms with Gasteiger partial charge in [-0.2, -0.15) is 0 Å². The number of pyridine rings is 1. The average molecular weight is 424 g/mol. The van der Waals surface area contributed by atoms with Crippen molar-refractivity contribution in [3.05, 3.63) is 65.2 Å². The Morgan fingerprint density at radius 3 is 2.65 bits per heavy atom. The summed E-state index contributed by atoms with van der Waals surface area (Å²) in [7, 11) is 2.10. The lowest BCUT2D eigenvalue weighted by Gasteiger charge is -2.44. The normalized spacial score (nSPS) is 21.8. The number of piperidine rings is 2. The Morgan fingerprint density at radius 2 is 1.90 bits per heavy atom. The summed E-state index contributed by atoms with van der Waals surface area (Å²) >= 11 is 0. The van der Waals surface area contributed by atoms with Crippen molar-refractivity contribution in [2.45, 2.75) is 45.4 Å². The third kappa shape index (κ3) is 5.15. The molecule has 3 heterocycles. The van der Waals surface area contributed by atoms with Gasteiger partial charge in [-0.3, -0.25) is 9.78 Å². The van der Waals surface area contributed by atoms with Crippen molar-refractivity contribution in [2.75, 3.05) is 33.2 Å². The molecule has 0 aliphatic carbocycles. The van der Waals surface area contributed by atoms with Crippen LogP contribution >= 0.6 is 0 Å². The van der Waals surface area contributed by atoms with Crippen molar-refractivity contribution in [1.29, 1.82) is 0 Å². The van der Waals surface area contributed by atoms with Crippen LogP contribution in [-0.4, -0.2) is 53.9 Å². The molecule has 0 unspecified atom stereocenters. The van der Waals surface area contributed by atoms with Gasteiger partial charge in [0.2, 0.25) is 5.91 Å². The van der Waals surface area contributed by atoms with Gasteiger partial charge in [-0.25, -0.2) is 4.39 Å². The lowest BCUT2D eigenvalue weighted by atomic mass is 9.72. The minimum atomic E-state index is -0.502. The number of halogens is 1. The first-order valence-corrected chi connectivity index (χ1v) is 11.6. The van der Waals surface area contributed by atoms with Crippen LogP contribution in [-0.2, 0) is 17.6 Å². The van der Waals surface area contributed by atoms with E-state index in [1.165, 1.54) is 6.07 Å². The second-order valence-electron chi connectivity index (χ2n) is 9.59. The number of likely N-dealkylation sites (tertiary alicyclic amines) is 2. The molecule has 0 saturated carbocycles. The number of aryl methyl sites for hydroxylation is 1. The molecule has 166 valence electrons. The second kappa shape index (κ2) is 9.47. The molecular formula is C26H34FN3O. The van der Waals surface area contributed by atoms with Gasteiger partial charge in [0.15, 0.2) is 0 Å². The number of hydrogen-bond donors (Lipinski definition) is 0. The van der Waals surface area contributed by atoms with E-state index in [4.69, 9.17) is 0 Å².